The average Bonchev–Trinajstić information content (AvgIpc) is 2.65. The second kappa shape index (κ2) is 7.34. The van der Waals surface area contributed by atoms with Crippen molar-refractivity contribution in [1.82, 2.24) is 14.8 Å². The Morgan fingerprint density at radius 3 is 2.52 bits per heavy atom. The molecule has 6 heteroatoms. The molecule has 1 fully saturated rings. The predicted molar refractivity (Wildman–Crippen MR) is 97.0 cm³/mol. The summed E-state index contributed by atoms with van der Waals surface area (Å²) in [6, 6.07) is 9.83. The minimum Gasteiger partial charge on any atom is -0.354 e. The third-order valence-electron chi connectivity index (χ3n) is 4.41. The Bertz CT molecular complexity index is 765. The van der Waals surface area contributed by atoms with Gasteiger partial charge in [-0.05, 0) is 43.2 Å². The molecule has 1 aliphatic heterocycles. The fraction of sp³-hybridized carbons (Fsp3) is 0.316. The minimum absolute atomic E-state index is 0.0937. The first-order chi connectivity index (χ1) is 12.1. The Kier molecular flexibility index (Phi) is 4.97. The normalized spacial score (nSPS) is 14.3. The van der Waals surface area contributed by atoms with Crippen molar-refractivity contribution in [3.05, 3.63) is 53.3 Å². The van der Waals surface area contributed by atoms with E-state index in [-0.39, 0.29) is 5.91 Å². The minimum atomic E-state index is -0.0937. The molecule has 2 aromatic rings. The number of hydrogen-bond acceptors (Lipinski definition) is 4. The number of benzene rings is 1. The van der Waals surface area contributed by atoms with Gasteiger partial charge in [0.05, 0.1) is 11.9 Å². The smallest absolute Gasteiger partial charge is 0.272 e. The summed E-state index contributed by atoms with van der Waals surface area (Å²) in [5.41, 5.74) is 4.63. The summed E-state index contributed by atoms with van der Waals surface area (Å²) in [4.78, 5) is 31.0. The van der Waals surface area contributed by atoms with Gasteiger partial charge in [-0.25, -0.2) is 4.98 Å². The number of carbonyl (C=O) groups excluding carboxylic acids is 2. The van der Waals surface area contributed by atoms with E-state index in [2.05, 4.69) is 35.4 Å². The van der Waals surface area contributed by atoms with Gasteiger partial charge < -0.3 is 15.1 Å². The third-order valence-corrected chi connectivity index (χ3v) is 4.41. The van der Waals surface area contributed by atoms with Crippen LogP contribution in [0.3, 0.4) is 0 Å². The lowest BCUT2D eigenvalue weighted by Crippen LogP contribution is -2.48. The van der Waals surface area contributed by atoms with Crippen molar-refractivity contribution in [3.8, 4) is 0 Å². The Morgan fingerprint density at radius 2 is 1.88 bits per heavy atom. The molecule has 0 aliphatic carbocycles. The van der Waals surface area contributed by atoms with Gasteiger partial charge in [0.15, 0.2) is 0 Å². The molecular formula is C19H22N4O2. The van der Waals surface area contributed by atoms with Crippen LogP contribution in [0.5, 0.6) is 0 Å². The van der Waals surface area contributed by atoms with Crippen molar-refractivity contribution >= 4 is 23.7 Å². The first-order valence-corrected chi connectivity index (χ1v) is 8.36. The van der Waals surface area contributed by atoms with Crippen molar-refractivity contribution in [3.63, 3.8) is 0 Å². The van der Waals surface area contributed by atoms with E-state index in [4.69, 9.17) is 0 Å². The third kappa shape index (κ3) is 3.96. The molecule has 6 nitrogen and oxygen atoms in total. The van der Waals surface area contributed by atoms with E-state index in [1.165, 1.54) is 5.56 Å². The van der Waals surface area contributed by atoms with E-state index in [1.807, 2.05) is 13.0 Å². The fourth-order valence-corrected chi connectivity index (χ4v) is 2.81. The number of aromatic nitrogens is 1. The molecule has 2 heterocycles. The highest BCUT2D eigenvalue weighted by Gasteiger charge is 2.22. The zero-order chi connectivity index (χ0) is 17.8. The molecule has 0 bridgehead atoms. The van der Waals surface area contributed by atoms with Crippen LogP contribution >= 0.6 is 0 Å². The maximum atomic E-state index is 12.5. The SMILES string of the molecule is Cc1ccc(C)c(Nc2ccc(C(=O)N3CCN(C=O)CC3)nc2)c1. The summed E-state index contributed by atoms with van der Waals surface area (Å²) in [5, 5.41) is 3.34. The molecular weight excluding hydrogens is 316 g/mol. The molecule has 0 unspecified atom stereocenters. The van der Waals surface area contributed by atoms with Crippen LogP contribution in [-0.2, 0) is 4.79 Å². The maximum absolute atomic E-state index is 12.5. The van der Waals surface area contributed by atoms with Crippen LogP contribution in [-0.4, -0.2) is 53.3 Å². The second-order valence-corrected chi connectivity index (χ2v) is 6.31. The standard InChI is InChI=1S/C19H22N4O2/c1-14-3-4-15(2)18(11-14)21-16-5-6-17(20-12-16)19(25)23-9-7-22(13-24)8-10-23/h3-6,11-13,21H,7-10H2,1-2H3. The molecule has 130 valence electrons. The Morgan fingerprint density at radius 1 is 1.12 bits per heavy atom. The largest absolute Gasteiger partial charge is 0.354 e. The first kappa shape index (κ1) is 17.0. The zero-order valence-electron chi connectivity index (χ0n) is 14.5. The Labute approximate surface area is 147 Å². The van der Waals surface area contributed by atoms with Crippen LogP contribution in [0.25, 0.3) is 0 Å². The number of anilines is 2. The number of pyridine rings is 1. The first-order valence-electron chi connectivity index (χ1n) is 8.36. The molecule has 0 spiro atoms. The monoisotopic (exact) mass is 338 g/mol. The number of amides is 2. The molecule has 1 aromatic carbocycles. The molecule has 1 aliphatic rings. The van der Waals surface area contributed by atoms with Crippen molar-refractivity contribution in [2.45, 2.75) is 13.8 Å². The van der Waals surface area contributed by atoms with Crippen LogP contribution in [0.4, 0.5) is 11.4 Å². The summed E-state index contributed by atoms with van der Waals surface area (Å²) in [5.74, 6) is -0.0937. The number of rotatable bonds is 4. The zero-order valence-corrected chi connectivity index (χ0v) is 14.5. The second-order valence-electron chi connectivity index (χ2n) is 6.31. The van der Waals surface area contributed by atoms with E-state index in [1.54, 1.807) is 22.1 Å². The summed E-state index contributed by atoms with van der Waals surface area (Å²) in [7, 11) is 0. The van der Waals surface area contributed by atoms with E-state index in [0.717, 1.165) is 23.3 Å². The quantitative estimate of drug-likeness (QED) is 0.869. The molecule has 1 N–H and O–H groups in total. The van der Waals surface area contributed by atoms with Crippen LogP contribution < -0.4 is 5.32 Å². The Hall–Kier alpha value is -2.89. The van der Waals surface area contributed by atoms with Gasteiger partial charge in [-0.1, -0.05) is 12.1 Å². The summed E-state index contributed by atoms with van der Waals surface area (Å²) in [6.07, 6.45) is 2.50. The highest BCUT2D eigenvalue weighted by atomic mass is 16.2. The van der Waals surface area contributed by atoms with E-state index in [0.29, 0.717) is 31.9 Å². The van der Waals surface area contributed by atoms with Gasteiger partial charge in [-0.15, -0.1) is 0 Å². The van der Waals surface area contributed by atoms with Gasteiger partial charge in [0.2, 0.25) is 6.41 Å². The number of nitrogens with one attached hydrogen (secondary N) is 1. The molecule has 0 saturated carbocycles. The van der Waals surface area contributed by atoms with Crippen LogP contribution in [0, 0.1) is 13.8 Å². The highest BCUT2D eigenvalue weighted by Crippen LogP contribution is 2.21. The lowest BCUT2D eigenvalue weighted by molar-refractivity contribution is -0.119. The van der Waals surface area contributed by atoms with E-state index in [9.17, 15) is 9.59 Å². The summed E-state index contributed by atoms with van der Waals surface area (Å²) < 4.78 is 0. The predicted octanol–water partition coefficient (Wildman–Crippen LogP) is 2.36. The van der Waals surface area contributed by atoms with Crippen LogP contribution in [0.2, 0.25) is 0 Å². The number of nitrogens with zero attached hydrogens (tertiary/aromatic N) is 3. The number of aryl methyl sites for hydroxylation is 2. The average molecular weight is 338 g/mol. The van der Waals surface area contributed by atoms with Crippen LogP contribution in [0.15, 0.2) is 36.5 Å². The van der Waals surface area contributed by atoms with E-state index < -0.39 is 0 Å². The van der Waals surface area contributed by atoms with Crippen molar-refractivity contribution in [2.24, 2.45) is 0 Å². The Balaban J connectivity index is 1.67. The highest BCUT2D eigenvalue weighted by molar-refractivity contribution is 5.92. The number of carbonyl (C=O) groups is 2. The maximum Gasteiger partial charge on any atom is 0.272 e. The molecule has 1 aromatic heterocycles. The lowest BCUT2D eigenvalue weighted by atomic mass is 10.1. The number of hydrogen-bond donors (Lipinski definition) is 1. The molecule has 2 amide bonds. The molecule has 0 radical (unpaired) electrons. The molecule has 3 rings (SSSR count). The summed E-state index contributed by atoms with van der Waals surface area (Å²) in [6.45, 7) is 6.33. The van der Waals surface area contributed by atoms with Gasteiger partial charge in [-0.2, -0.15) is 0 Å². The molecule has 0 atom stereocenters. The van der Waals surface area contributed by atoms with Crippen LogP contribution in [0.1, 0.15) is 21.6 Å². The number of piperazine rings is 1. The van der Waals surface area contributed by atoms with E-state index >= 15 is 0 Å². The fourth-order valence-electron chi connectivity index (χ4n) is 2.81. The molecule has 1 saturated heterocycles. The van der Waals surface area contributed by atoms with Gasteiger partial charge in [0.1, 0.15) is 5.69 Å². The van der Waals surface area contributed by atoms with Gasteiger partial charge >= 0.3 is 0 Å². The lowest BCUT2D eigenvalue weighted by Gasteiger charge is -2.32. The van der Waals surface area contributed by atoms with Gasteiger partial charge in [-0.3, -0.25) is 9.59 Å². The molecule has 25 heavy (non-hydrogen) atoms. The van der Waals surface area contributed by atoms with Crippen molar-refractivity contribution in [1.29, 1.82) is 0 Å². The topological polar surface area (TPSA) is 65.5 Å². The van der Waals surface area contributed by atoms with Crippen molar-refractivity contribution < 1.29 is 9.59 Å². The van der Waals surface area contributed by atoms with Gasteiger partial charge in [0, 0.05) is 31.9 Å². The van der Waals surface area contributed by atoms with Gasteiger partial charge in [0.25, 0.3) is 5.91 Å². The summed E-state index contributed by atoms with van der Waals surface area (Å²) >= 11 is 0. The van der Waals surface area contributed by atoms with Crippen molar-refractivity contribution in [2.75, 3.05) is 31.5 Å².